The molecule has 8 heteroatoms. The first kappa shape index (κ1) is 19.1. The number of carbonyl (C=O) groups excluding carboxylic acids is 1. The molecule has 29 heavy (non-hydrogen) atoms. The summed E-state index contributed by atoms with van der Waals surface area (Å²) in [5.41, 5.74) is 9.88. The Bertz CT molecular complexity index is 1180. The maximum absolute atomic E-state index is 12.0. The molecule has 0 saturated carbocycles. The molecular weight excluding hydrogens is 388 g/mol. The monoisotopic (exact) mass is 408 g/mol. The van der Waals surface area contributed by atoms with E-state index in [1.54, 1.807) is 24.7 Å². The number of pyridine rings is 1. The number of thiophene rings is 1. The maximum Gasteiger partial charge on any atom is 0.262 e. The number of aliphatic hydroxyl groups is 1. The second-order valence-electron chi connectivity index (χ2n) is 6.49. The van der Waals surface area contributed by atoms with Crippen molar-refractivity contribution >= 4 is 28.3 Å². The molecule has 0 aliphatic carbocycles. The Morgan fingerprint density at radius 2 is 2.03 bits per heavy atom. The number of aromatic nitrogens is 3. The van der Waals surface area contributed by atoms with E-state index in [9.17, 15) is 9.90 Å². The van der Waals surface area contributed by atoms with E-state index >= 15 is 0 Å². The lowest BCUT2D eigenvalue weighted by molar-refractivity contribution is 0.1000. The second-order valence-corrected chi connectivity index (χ2v) is 7.52. The number of hydrogen-bond donors (Lipinski definition) is 2. The minimum atomic E-state index is -0.540. The van der Waals surface area contributed by atoms with Crippen molar-refractivity contribution in [2.24, 2.45) is 5.73 Å². The quantitative estimate of drug-likeness (QED) is 0.489. The molecule has 1 amide bonds. The molecular formula is C21H20N4O3S. The van der Waals surface area contributed by atoms with Gasteiger partial charge >= 0.3 is 0 Å². The number of nitrogens with zero attached hydrogens (tertiary/aromatic N) is 3. The van der Waals surface area contributed by atoms with Crippen molar-refractivity contribution in [1.29, 1.82) is 0 Å². The van der Waals surface area contributed by atoms with Gasteiger partial charge in [-0.2, -0.15) is 0 Å². The van der Waals surface area contributed by atoms with Gasteiger partial charge in [-0.25, -0.2) is 4.98 Å². The summed E-state index contributed by atoms with van der Waals surface area (Å²) < 4.78 is 7.82. The van der Waals surface area contributed by atoms with E-state index in [0.29, 0.717) is 28.4 Å². The second kappa shape index (κ2) is 8.02. The fourth-order valence-corrected chi connectivity index (χ4v) is 4.11. The van der Waals surface area contributed by atoms with E-state index < -0.39 is 5.91 Å². The summed E-state index contributed by atoms with van der Waals surface area (Å²) in [6.07, 6.45) is 4.17. The highest BCUT2D eigenvalue weighted by atomic mass is 32.1. The van der Waals surface area contributed by atoms with Gasteiger partial charge in [-0.1, -0.05) is 31.2 Å². The number of imidazole rings is 1. The van der Waals surface area contributed by atoms with Gasteiger partial charge in [0, 0.05) is 6.07 Å². The van der Waals surface area contributed by atoms with Crippen molar-refractivity contribution in [2.45, 2.75) is 26.6 Å². The molecule has 148 valence electrons. The van der Waals surface area contributed by atoms with Crippen molar-refractivity contribution in [2.75, 3.05) is 0 Å². The van der Waals surface area contributed by atoms with Crippen LogP contribution in [0.4, 0.5) is 0 Å². The Kier molecular flexibility index (Phi) is 5.28. The normalized spacial score (nSPS) is 11.1. The van der Waals surface area contributed by atoms with Crippen molar-refractivity contribution in [1.82, 2.24) is 14.5 Å². The highest BCUT2D eigenvalue weighted by molar-refractivity contribution is 7.16. The van der Waals surface area contributed by atoms with Crippen molar-refractivity contribution in [3.63, 3.8) is 0 Å². The van der Waals surface area contributed by atoms with Crippen LogP contribution in [-0.4, -0.2) is 25.5 Å². The number of primary amides is 1. The molecule has 1 aromatic carbocycles. The van der Waals surface area contributed by atoms with Crippen LogP contribution in [0, 0.1) is 0 Å². The molecule has 0 aliphatic rings. The fraction of sp³-hybridized carbons (Fsp3) is 0.190. The van der Waals surface area contributed by atoms with Crippen LogP contribution in [0.15, 0.2) is 48.9 Å². The SMILES string of the molecule is CCc1ccccc1COc1cc(-n2cnc3cnc(CO)cc32)sc1C(N)=O. The summed E-state index contributed by atoms with van der Waals surface area (Å²) in [4.78, 5) is 20.8. The van der Waals surface area contributed by atoms with Gasteiger partial charge in [-0.05, 0) is 23.6 Å². The van der Waals surface area contributed by atoms with Gasteiger partial charge < -0.3 is 15.6 Å². The number of rotatable bonds is 7. The molecule has 3 aromatic heterocycles. The molecule has 0 spiro atoms. The molecule has 0 fully saturated rings. The number of fused-ring (bicyclic) bond motifs is 1. The van der Waals surface area contributed by atoms with Crippen LogP contribution in [-0.2, 0) is 19.6 Å². The van der Waals surface area contributed by atoms with Gasteiger partial charge in [0.2, 0.25) is 0 Å². The molecule has 0 bridgehead atoms. The van der Waals surface area contributed by atoms with E-state index in [1.165, 1.54) is 16.9 Å². The average Bonchev–Trinajstić information content (AvgIpc) is 3.35. The Morgan fingerprint density at radius 3 is 2.76 bits per heavy atom. The molecule has 0 unspecified atom stereocenters. The molecule has 3 heterocycles. The number of benzene rings is 1. The van der Waals surface area contributed by atoms with Gasteiger partial charge in [-0.15, -0.1) is 11.3 Å². The van der Waals surface area contributed by atoms with Crippen LogP contribution in [0.3, 0.4) is 0 Å². The van der Waals surface area contributed by atoms with Crippen LogP contribution in [0.1, 0.15) is 33.4 Å². The van der Waals surface area contributed by atoms with E-state index in [-0.39, 0.29) is 6.61 Å². The van der Waals surface area contributed by atoms with Crippen molar-refractivity contribution in [3.8, 4) is 10.8 Å². The van der Waals surface area contributed by atoms with Crippen molar-refractivity contribution < 1.29 is 14.6 Å². The highest BCUT2D eigenvalue weighted by Gasteiger charge is 2.18. The Hall–Kier alpha value is -3.23. The first-order chi connectivity index (χ1) is 14.1. The lowest BCUT2D eigenvalue weighted by Gasteiger charge is -2.09. The van der Waals surface area contributed by atoms with Gasteiger partial charge in [0.1, 0.15) is 34.1 Å². The summed E-state index contributed by atoms with van der Waals surface area (Å²) in [6, 6.07) is 11.6. The van der Waals surface area contributed by atoms with Gasteiger partial charge in [0.15, 0.2) is 0 Å². The number of hydrogen-bond acceptors (Lipinski definition) is 6. The fourth-order valence-electron chi connectivity index (χ4n) is 3.17. The predicted molar refractivity (Wildman–Crippen MR) is 111 cm³/mol. The summed E-state index contributed by atoms with van der Waals surface area (Å²) in [5, 5.41) is 10.1. The molecule has 3 N–H and O–H groups in total. The van der Waals surface area contributed by atoms with Crippen molar-refractivity contribution in [3.05, 3.63) is 70.6 Å². The van der Waals surface area contributed by atoms with E-state index in [1.807, 2.05) is 22.8 Å². The number of aryl methyl sites for hydroxylation is 1. The van der Waals surface area contributed by atoms with Gasteiger partial charge in [0.05, 0.1) is 24.0 Å². The molecule has 0 saturated heterocycles. The standard InChI is InChI=1S/C21H20N4O3S/c1-2-13-5-3-4-6-14(13)11-28-18-8-19(29-20(18)21(22)27)25-12-24-16-9-23-15(10-26)7-17(16)25/h3-9,12,26H,2,10-11H2,1H3,(H2,22,27). The average molecular weight is 408 g/mol. The number of nitrogens with two attached hydrogens (primary N) is 1. The highest BCUT2D eigenvalue weighted by Crippen LogP contribution is 2.34. The third-order valence-corrected chi connectivity index (χ3v) is 5.81. The summed E-state index contributed by atoms with van der Waals surface area (Å²) in [7, 11) is 0. The first-order valence-electron chi connectivity index (χ1n) is 9.17. The number of ether oxygens (including phenoxy) is 1. The lowest BCUT2D eigenvalue weighted by Crippen LogP contribution is -2.10. The van der Waals surface area contributed by atoms with Crippen LogP contribution in [0.5, 0.6) is 5.75 Å². The first-order valence-corrected chi connectivity index (χ1v) is 9.98. The third kappa shape index (κ3) is 3.72. The van der Waals surface area contributed by atoms with Gasteiger partial charge in [0.25, 0.3) is 5.91 Å². The maximum atomic E-state index is 12.0. The summed E-state index contributed by atoms with van der Waals surface area (Å²) in [6.45, 7) is 2.28. The Balaban J connectivity index is 1.69. The summed E-state index contributed by atoms with van der Waals surface area (Å²) in [5.74, 6) is -0.0937. The zero-order chi connectivity index (χ0) is 20.4. The third-order valence-electron chi connectivity index (χ3n) is 4.68. The topological polar surface area (TPSA) is 103 Å². The van der Waals surface area contributed by atoms with Crippen LogP contribution >= 0.6 is 11.3 Å². The molecule has 7 nitrogen and oxygen atoms in total. The molecule has 0 atom stereocenters. The van der Waals surface area contributed by atoms with E-state index in [4.69, 9.17) is 10.5 Å². The number of carbonyl (C=O) groups is 1. The van der Waals surface area contributed by atoms with Crippen LogP contribution < -0.4 is 10.5 Å². The molecule has 0 aliphatic heterocycles. The lowest BCUT2D eigenvalue weighted by atomic mass is 10.1. The predicted octanol–water partition coefficient (Wildman–Crippen LogP) is 3.21. The zero-order valence-corrected chi connectivity index (χ0v) is 16.6. The summed E-state index contributed by atoms with van der Waals surface area (Å²) >= 11 is 1.24. The van der Waals surface area contributed by atoms with Crippen LogP contribution in [0.25, 0.3) is 16.0 Å². The minimum Gasteiger partial charge on any atom is -0.487 e. The number of aliphatic hydroxyl groups excluding tert-OH is 1. The Morgan fingerprint density at radius 1 is 1.24 bits per heavy atom. The molecule has 4 aromatic rings. The molecule has 4 rings (SSSR count). The molecule has 0 radical (unpaired) electrons. The Labute approximate surface area is 171 Å². The minimum absolute atomic E-state index is 0.163. The van der Waals surface area contributed by atoms with Crippen LogP contribution in [0.2, 0.25) is 0 Å². The van der Waals surface area contributed by atoms with E-state index in [0.717, 1.165) is 22.5 Å². The zero-order valence-electron chi connectivity index (χ0n) is 15.8. The largest absolute Gasteiger partial charge is 0.487 e. The van der Waals surface area contributed by atoms with E-state index in [2.05, 4.69) is 23.0 Å². The smallest absolute Gasteiger partial charge is 0.262 e. The number of amides is 1. The van der Waals surface area contributed by atoms with Gasteiger partial charge in [-0.3, -0.25) is 14.3 Å².